The smallest absolute Gasteiger partial charge is 0.268 e. The Bertz CT molecular complexity index is 800. The molecule has 0 radical (unpaired) electrons. The van der Waals surface area contributed by atoms with Crippen LogP contribution < -0.4 is 15.4 Å². The number of hydrogen-bond acceptors (Lipinski definition) is 4. The second-order valence-electron chi connectivity index (χ2n) is 6.60. The van der Waals surface area contributed by atoms with Crippen molar-refractivity contribution in [2.24, 2.45) is 5.73 Å². The van der Waals surface area contributed by atoms with Gasteiger partial charge in [-0.2, -0.15) is 0 Å². The van der Waals surface area contributed by atoms with E-state index in [1.54, 1.807) is 17.9 Å². The van der Waals surface area contributed by atoms with E-state index in [-0.39, 0.29) is 30.8 Å². The Labute approximate surface area is 171 Å². The highest BCUT2D eigenvalue weighted by atomic mass is 35.5. The van der Waals surface area contributed by atoms with Crippen molar-refractivity contribution < 1.29 is 14.3 Å². The van der Waals surface area contributed by atoms with Crippen molar-refractivity contribution in [3.8, 4) is 5.75 Å². The second kappa shape index (κ2) is 10.1. The van der Waals surface area contributed by atoms with Crippen LogP contribution in [0.1, 0.15) is 18.9 Å². The van der Waals surface area contributed by atoms with Crippen LogP contribution in [-0.2, 0) is 16.1 Å². The number of rotatable bonds is 7. The second-order valence-corrected chi connectivity index (χ2v) is 6.60. The maximum Gasteiger partial charge on any atom is 0.268 e. The van der Waals surface area contributed by atoms with E-state index < -0.39 is 6.10 Å². The number of nitrogens with zero attached hydrogens (tertiary/aromatic N) is 2. The van der Waals surface area contributed by atoms with Crippen LogP contribution in [0.2, 0.25) is 0 Å². The highest BCUT2D eigenvalue weighted by Crippen LogP contribution is 2.33. The molecule has 1 heterocycles. The van der Waals surface area contributed by atoms with Crippen LogP contribution in [0.4, 0.5) is 5.69 Å². The van der Waals surface area contributed by atoms with Crippen LogP contribution in [-0.4, -0.2) is 42.5 Å². The fourth-order valence-corrected chi connectivity index (χ4v) is 3.14. The highest BCUT2D eigenvalue weighted by molar-refractivity contribution is 6.03. The van der Waals surface area contributed by atoms with Crippen LogP contribution >= 0.6 is 12.4 Å². The van der Waals surface area contributed by atoms with E-state index in [1.165, 1.54) is 4.90 Å². The molecule has 7 heteroatoms. The summed E-state index contributed by atoms with van der Waals surface area (Å²) in [7, 11) is 0. The lowest BCUT2D eigenvalue weighted by molar-refractivity contribution is -0.133. The summed E-state index contributed by atoms with van der Waals surface area (Å²) < 4.78 is 5.64. The molecule has 0 spiro atoms. The zero-order valence-electron chi connectivity index (χ0n) is 15.9. The van der Waals surface area contributed by atoms with Gasteiger partial charge in [-0.05, 0) is 37.6 Å². The van der Waals surface area contributed by atoms with E-state index in [2.05, 4.69) is 0 Å². The van der Waals surface area contributed by atoms with Gasteiger partial charge < -0.3 is 15.4 Å². The molecule has 1 aliphatic heterocycles. The first kappa shape index (κ1) is 21.7. The van der Waals surface area contributed by atoms with E-state index in [9.17, 15) is 9.59 Å². The average Bonchev–Trinajstić information content (AvgIpc) is 2.69. The van der Waals surface area contributed by atoms with Gasteiger partial charge in [0, 0.05) is 13.1 Å². The fourth-order valence-electron chi connectivity index (χ4n) is 3.14. The lowest BCUT2D eigenvalue weighted by atomic mass is 10.1. The number of carbonyl (C=O) groups is 2. The molecule has 1 unspecified atom stereocenters. The number of hydrogen-bond donors (Lipinski definition) is 1. The van der Waals surface area contributed by atoms with Crippen LogP contribution in [0.15, 0.2) is 54.6 Å². The Morgan fingerprint density at radius 2 is 1.82 bits per heavy atom. The lowest BCUT2D eigenvalue weighted by Crippen LogP contribution is -2.49. The monoisotopic (exact) mass is 403 g/mol. The minimum Gasteiger partial charge on any atom is -0.479 e. The van der Waals surface area contributed by atoms with Crippen molar-refractivity contribution in [3.05, 3.63) is 60.2 Å². The van der Waals surface area contributed by atoms with E-state index >= 15 is 0 Å². The van der Waals surface area contributed by atoms with Crippen molar-refractivity contribution in [3.63, 3.8) is 0 Å². The topological polar surface area (TPSA) is 75.9 Å². The van der Waals surface area contributed by atoms with Gasteiger partial charge >= 0.3 is 0 Å². The molecule has 0 fully saturated rings. The third-order valence-corrected chi connectivity index (χ3v) is 4.57. The first-order chi connectivity index (χ1) is 13.1. The fraction of sp³-hybridized carbons (Fsp3) is 0.333. The zero-order valence-corrected chi connectivity index (χ0v) is 16.7. The minimum absolute atomic E-state index is 0. The summed E-state index contributed by atoms with van der Waals surface area (Å²) in [5.74, 6) is 0.305. The van der Waals surface area contributed by atoms with Crippen LogP contribution in [0.3, 0.4) is 0 Å². The minimum atomic E-state index is -0.612. The molecule has 2 aromatic rings. The number of carbonyl (C=O) groups excluding carboxylic acids is 2. The number of nitrogens with two attached hydrogens (primary N) is 1. The van der Waals surface area contributed by atoms with Gasteiger partial charge in [-0.1, -0.05) is 42.5 Å². The Morgan fingerprint density at radius 1 is 1.14 bits per heavy atom. The summed E-state index contributed by atoms with van der Waals surface area (Å²) in [5.41, 5.74) is 7.32. The van der Waals surface area contributed by atoms with Gasteiger partial charge in [0.1, 0.15) is 12.3 Å². The Morgan fingerprint density at radius 3 is 2.54 bits per heavy atom. The van der Waals surface area contributed by atoms with Gasteiger partial charge in [0.15, 0.2) is 6.10 Å². The Hall–Kier alpha value is -2.57. The van der Waals surface area contributed by atoms with E-state index in [4.69, 9.17) is 10.5 Å². The normalized spacial score (nSPS) is 15.3. The van der Waals surface area contributed by atoms with Gasteiger partial charge in [0.25, 0.3) is 5.91 Å². The molecule has 0 saturated heterocycles. The average molecular weight is 404 g/mol. The molecule has 2 N–H and O–H groups in total. The Balaban J connectivity index is 0.00000280. The van der Waals surface area contributed by atoms with Gasteiger partial charge in [0.05, 0.1) is 5.69 Å². The summed E-state index contributed by atoms with van der Waals surface area (Å²) >= 11 is 0. The summed E-state index contributed by atoms with van der Waals surface area (Å²) in [5, 5.41) is 0. The van der Waals surface area contributed by atoms with E-state index in [0.29, 0.717) is 37.5 Å². The van der Waals surface area contributed by atoms with Gasteiger partial charge in [-0.25, -0.2) is 0 Å². The first-order valence-electron chi connectivity index (χ1n) is 9.19. The standard InChI is InChI=1S/C21H25N3O3.ClH/c1-16-21(26)24(18-10-5-6-11-19(18)27-16)15-20(25)23(13-7-12-22)14-17-8-3-2-4-9-17;/h2-6,8-11,16H,7,12-15,22H2,1H3;1H. The molecule has 0 bridgehead atoms. The molecule has 1 atom stereocenters. The maximum absolute atomic E-state index is 13.0. The maximum atomic E-state index is 13.0. The molecule has 150 valence electrons. The highest BCUT2D eigenvalue weighted by Gasteiger charge is 2.33. The largest absolute Gasteiger partial charge is 0.479 e. The zero-order chi connectivity index (χ0) is 19.2. The first-order valence-corrected chi connectivity index (χ1v) is 9.19. The number of amides is 2. The molecule has 0 aliphatic carbocycles. The molecule has 28 heavy (non-hydrogen) atoms. The molecule has 0 saturated carbocycles. The number of benzene rings is 2. The van der Waals surface area contributed by atoms with E-state index in [1.807, 2.05) is 48.5 Å². The van der Waals surface area contributed by atoms with Crippen molar-refractivity contribution in [2.75, 3.05) is 24.5 Å². The SMILES string of the molecule is CC1Oc2ccccc2N(CC(=O)N(CCCN)Cc2ccccc2)C1=O.Cl. The predicted molar refractivity (Wildman–Crippen MR) is 112 cm³/mol. The molecule has 6 nitrogen and oxygen atoms in total. The van der Waals surface area contributed by atoms with Crippen LogP contribution in [0.25, 0.3) is 0 Å². The van der Waals surface area contributed by atoms with Crippen LogP contribution in [0, 0.1) is 0 Å². The van der Waals surface area contributed by atoms with E-state index in [0.717, 1.165) is 5.56 Å². The summed E-state index contributed by atoms with van der Waals surface area (Å²) in [4.78, 5) is 28.9. The van der Waals surface area contributed by atoms with Gasteiger partial charge in [-0.3, -0.25) is 14.5 Å². The molecule has 1 aliphatic rings. The quantitative estimate of drug-likeness (QED) is 0.771. The van der Waals surface area contributed by atoms with Gasteiger partial charge in [0.2, 0.25) is 5.91 Å². The number of fused-ring (bicyclic) bond motifs is 1. The molecule has 0 aromatic heterocycles. The molecule has 2 aromatic carbocycles. The summed E-state index contributed by atoms with van der Waals surface area (Å²) in [6.07, 6.45) is 0.0992. The van der Waals surface area contributed by atoms with Crippen LogP contribution in [0.5, 0.6) is 5.75 Å². The Kier molecular flexibility index (Phi) is 7.84. The summed E-state index contributed by atoms with van der Waals surface area (Å²) in [6.45, 7) is 3.25. The lowest BCUT2D eigenvalue weighted by Gasteiger charge is -2.34. The molecular formula is C21H26ClN3O3. The number of anilines is 1. The van der Waals surface area contributed by atoms with Crippen molar-refractivity contribution >= 4 is 29.9 Å². The number of para-hydroxylation sites is 2. The number of ether oxygens (including phenoxy) is 1. The third-order valence-electron chi connectivity index (χ3n) is 4.57. The molecular weight excluding hydrogens is 378 g/mol. The predicted octanol–water partition coefficient (Wildman–Crippen LogP) is 2.60. The van der Waals surface area contributed by atoms with Crippen molar-refractivity contribution in [2.45, 2.75) is 26.0 Å². The van der Waals surface area contributed by atoms with Crippen molar-refractivity contribution in [1.29, 1.82) is 0 Å². The number of halogens is 1. The van der Waals surface area contributed by atoms with Crippen molar-refractivity contribution in [1.82, 2.24) is 4.90 Å². The summed E-state index contributed by atoms with van der Waals surface area (Å²) in [6, 6.07) is 17.1. The molecule has 3 rings (SSSR count). The third kappa shape index (κ3) is 5.03. The molecule has 2 amide bonds. The van der Waals surface area contributed by atoms with Gasteiger partial charge in [-0.15, -0.1) is 12.4 Å².